The molecular weight excluding hydrogens is 276 g/mol. The summed E-state index contributed by atoms with van der Waals surface area (Å²) in [6, 6.07) is 0. The number of rotatable bonds is 1. The predicted molar refractivity (Wildman–Crippen MR) is 71.6 cm³/mol. The van der Waals surface area contributed by atoms with E-state index in [4.69, 9.17) is 23.7 Å². The fourth-order valence-corrected chi connectivity index (χ4v) is 4.19. The Hall–Kier alpha value is -0.240. The van der Waals surface area contributed by atoms with Gasteiger partial charge in [-0.25, -0.2) is 0 Å². The van der Waals surface area contributed by atoms with Crippen LogP contribution >= 0.6 is 0 Å². The number of hydrogen-bond acceptors (Lipinski definition) is 6. The molecule has 0 spiro atoms. The molecule has 0 radical (unpaired) electrons. The fourth-order valence-electron chi connectivity index (χ4n) is 4.19. The monoisotopic (exact) mass is 300 g/mol. The van der Waals surface area contributed by atoms with Crippen molar-refractivity contribution in [2.45, 2.75) is 74.5 Å². The first kappa shape index (κ1) is 14.4. The van der Waals surface area contributed by atoms with Gasteiger partial charge < -0.3 is 28.8 Å². The summed E-state index contributed by atoms with van der Waals surface area (Å²) in [6.07, 6.45) is 4.36. The molecule has 120 valence electrons. The summed E-state index contributed by atoms with van der Waals surface area (Å²) in [5.41, 5.74) is 0. The first-order valence-corrected chi connectivity index (χ1v) is 8.02. The van der Waals surface area contributed by atoms with Gasteiger partial charge in [0.05, 0.1) is 24.4 Å². The maximum absolute atomic E-state index is 11.1. The average Bonchev–Trinajstić information content (AvgIpc) is 2.50. The van der Waals surface area contributed by atoms with Gasteiger partial charge in [-0.2, -0.15) is 0 Å². The van der Waals surface area contributed by atoms with Crippen LogP contribution in [0.1, 0.15) is 38.5 Å². The van der Waals surface area contributed by atoms with Crippen molar-refractivity contribution in [3.63, 3.8) is 0 Å². The SMILES string of the molecule is CO[C@@]12C[C@@H]3OCCC[C@H]3O[C@@]1(O)C[C@H]1OCCC[C@@H]1O2. The highest BCUT2D eigenvalue weighted by atomic mass is 16.8. The Balaban J connectivity index is 1.63. The van der Waals surface area contributed by atoms with Gasteiger partial charge in [0, 0.05) is 33.2 Å². The van der Waals surface area contributed by atoms with Gasteiger partial charge >= 0.3 is 0 Å². The van der Waals surface area contributed by atoms with E-state index in [-0.39, 0.29) is 24.4 Å². The van der Waals surface area contributed by atoms with Crippen molar-refractivity contribution in [1.82, 2.24) is 0 Å². The van der Waals surface area contributed by atoms with Gasteiger partial charge in [0.25, 0.3) is 0 Å². The number of aliphatic hydroxyl groups is 1. The summed E-state index contributed by atoms with van der Waals surface area (Å²) in [5.74, 6) is -2.60. The van der Waals surface area contributed by atoms with Crippen LogP contribution in [0.25, 0.3) is 0 Å². The zero-order valence-electron chi connectivity index (χ0n) is 12.5. The lowest BCUT2D eigenvalue weighted by atomic mass is 9.81. The third kappa shape index (κ3) is 2.16. The standard InChI is InChI=1S/C15H24O6/c1-17-15-9-13-10(4-2-7-19-13)20-14(15,16)8-12-11(21-15)5-3-6-18-12/h10-13,16H,2-9H2,1H3/t10-,11+,12-,13+,14+,15-/m1/s1. The molecule has 0 aliphatic carbocycles. The minimum Gasteiger partial charge on any atom is -0.375 e. The maximum atomic E-state index is 11.1. The van der Waals surface area contributed by atoms with Crippen LogP contribution in [0, 0.1) is 0 Å². The topological polar surface area (TPSA) is 66.4 Å². The molecule has 0 saturated carbocycles. The first-order chi connectivity index (χ1) is 10.2. The zero-order valence-corrected chi connectivity index (χ0v) is 12.5. The van der Waals surface area contributed by atoms with E-state index in [0.29, 0.717) is 12.8 Å². The lowest BCUT2D eigenvalue weighted by Crippen LogP contribution is -2.73. The largest absolute Gasteiger partial charge is 0.375 e. The molecule has 0 amide bonds. The number of ether oxygens (including phenoxy) is 5. The second-order valence-corrected chi connectivity index (χ2v) is 6.57. The quantitative estimate of drug-likeness (QED) is 0.778. The van der Waals surface area contributed by atoms with Gasteiger partial charge in [-0.05, 0) is 25.7 Å². The minimum atomic E-state index is -1.46. The molecule has 4 saturated heterocycles. The van der Waals surface area contributed by atoms with Crippen molar-refractivity contribution in [3.8, 4) is 0 Å². The average molecular weight is 300 g/mol. The molecule has 4 rings (SSSR count). The molecule has 21 heavy (non-hydrogen) atoms. The van der Waals surface area contributed by atoms with Crippen molar-refractivity contribution in [1.29, 1.82) is 0 Å². The second kappa shape index (κ2) is 5.15. The van der Waals surface area contributed by atoms with Gasteiger partial charge in [0.2, 0.25) is 11.6 Å². The normalized spacial score (nSPS) is 53.4. The Bertz CT molecular complexity index is 372. The fraction of sp³-hybridized carbons (Fsp3) is 1.00. The Morgan fingerprint density at radius 2 is 1.52 bits per heavy atom. The minimum absolute atomic E-state index is 0.0392. The van der Waals surface area contributed by atoms with Crippen LogP contribution in [0.5, 0.6) is 0 Å². The second-order valence-electron chi connectivity index (χ2n) is 6.57. The summed E-state index contributed by atoms with van der Waals surface area (Å²) in [6.45, 7) is 1.45. The van der Waals surface area contributed by atoms with E-state index in [9.17, 15) is 5.11 Å². The zero-order chi connectivity index (χ0) is 14.5. The Morgan fingerprint density at radius 3 is 2.19 bits per heavy atom. The lowest BCUT2D eigenvalue weighted by molar-refractivity contribution is -0.476. The van der Waals surface area contributed by atoms with Gasteiger partial charge in [-0.3, -0.25) is 0 Å². The molecule has 0 unspecified atom stereocenters. The van der Waals surface area contributed by atoms with Crippen LogP contribution in [0.4, 0.5) is 0 Å². The third-order valence-corrected chi connectivity index (χ3v) is 5.32. The molecule has 0 aromatic carbocycles. The van der Waals surface area contributed by atoms with E-state index < -0.39 is 11.6 Å². The van der Waals surface area contributed by atoms with Crippen molar-refractivity contribution in [2.75, 3.05) is 20.3 Å². The van der Waals surface area contributed by atoms with Crippen LogP contribution in [0.3, 0.4) is 0 Å². The molecular formula is C15H24O6. The van der Waals surface area contributed by atoms with E-state index in [0.717, 1.165) is 38.9 Å². The highest BCUT2D eigenvalue weighted by Gasteiger charge is 2.66. The van der Waals surface area contributed by atoms with Crippen molar-refractivity contribution >= 4 is 0 Å². The third-order valence-electron chi connectivity index (χ3n) is 5.32. The molecule has 4 aliphatic heterocycles. The smallest absolute Gasteiger partial charge is 0.226 e. The summed E-state index contributed by atoms with van der Waals surface area (Å²) >= 11 is 0. The number of methoxy groups -OCH3 is 1. The first-order valence-electron chi connectivity index (χ1n) is 8.02. The van der Waals surface area contributed by atoms with E-state index in [1.54, 1.807) is 7.11 Å². The molecule has 0 aromatic heterocycles. The number of fused-ring (bicyclic) bond motifs is 3. The van der Waals surface area contributed by atoms with E-state index in [2.05, 4.69) is 0 Å². The summed E-state index contributed by atoms with van der Waals surface area (Å²) in [7, 11) is 1.57. The van der Waals surface area contributed by atoms with Crippen molar-refractivity contribution < 1.29 is 28.8 Å². The summed E-state index contributed by atoms with van der Waals surface area (Å²) in [4.78, 5) is 0. The molecule has 1 N–H and O–H groups in total. The van der Waals surface area contributed by atoms with Crippen LogP contribution in [-0.4, -0.2) is 61.4 Å². The van der Waals surface area contributed by atoms with Crippen LogP contribution < -0.4 is 0 Å². The van der Waals surface area contributed by atoms with Crippen molar-refractivity contribution in [3.05, 3.63) is 0 Å². The highest BCUT2D eigenvalue weighted by molar-refractivity contribution is 5.04. The summed E-state index contributed by atoms with van der Waals surface area (Å²) in [5, 5.41) is 11.1. The molecule has 6 nitrogen and oxygen atoms in total. The lowest BCUT2D eigenvalue weighted by Gasteiger charge is -2.59. The molecule has 0 bridgehead atoms. The van der Waals surface area contributed by atoms with Crippen LogP contribution in [0.2, 0.25) is 0 Å². The van der Waals surface area contributed by atoms with Crippen LogP contribution in [0.15, 0.2) is 0 Å². The van der Waals surface area contributed by atoms with E-state index in [1.807, 2.05) is 0 Å². The van der Waals surface area contributed by atoms with Crippen molar-refractivity contribution in [2.24, 2.45) is 0 Å². The van der Waals surface area contributed by atoms with Crippen LogP contribution in [-0.2, 0) is 23.7 Å². The Morgan fingerprint density at radius 1 is 0.905 bits per heavy atom. The molecule has 6 heteroatoms. The highest BCUT2D eigenvalue weighted by Crippen LogP contribution is 2.50. The number of hydrogen-bond donors (Lipinski definition) is 1. The Kier molecular flexibility index (Phi) is 3.52. The molecule has 6 atom stereocenters. The molecule has 4 fully saturated rings. The van der Waals surface area contributed by atoms with Gasteiger partial charge in [-0.1, -0.05) is 0 Å². The van der Waals surface area contributed by atoms with Gasteiger partial charge in [-0.15, -0.1) is 0 Å². The van der Waals surface area contributed by atoms with Gasteiger partial charge in [0.15, 0.2) is 0 Å². The summed E-state index contributed by atoms with van der Waals surface area (Å²) < 4.78 is 29.4. The predicted octanol–water partition coefficient (Wildman–Crippen LogP) is 0.953. The van der Waals surface area contributed by atoms with E-state index in [1.165, 1.54) is 0 Å². The Labute approximate surface area is 124 Å². The maximum Gasteiger partial charge on any atom is 0.226 e. The molecule has 4 heterocycles. The van der Waals surface area contributed by atoms with Gasteiger partial charge in [0.1, 0.15) is 0 Å². The molecule has 0 aromatic rings. The van der Waals surface area contributed by atoms with E-state index >= 15 is 0 Å². The molecule has 4 aliphatic rings.